The SMILES string of the molecule is Cc1cc(NCCc2cn3ccccc3n2)c2nncn2n1. The molecule has 0 aliphatic carbocycles. The zero-order valence-electron chi connectivity index (χ0n) is 12.1. The maximum Gasteiger partial charge on any atom is 0.200 e. The van der Waals surface area contributed by atoms with E-state index in [4.69, 9.17) is 0 Å². The van der Waals surface area contributed by atoms with Crippen molar-refractivity contribution in [1.82, 2.24) is 29.2 Å². The van der Waals surface area contributed by atoms with Crippen LogP contribution in [-0.2, 0) is 6.42 Å². The van der Waals surface area contributed by atoms with E-state index in [0.29, 0.717) is 0 Å². The Kier molecular flexibility index (Phi) is 2.96. The maximum atomic E-state index is 4.59. The molecule has 0 saturated carbocycles. The van der Waals surface area contributed by atoms with Crippen LogP contribution in [-0.4, -0.2) is 35.7 Å². The van der Waals surface area contributed by atoms with E-state index in [-0.39, 0.29) is 0 Å². The minimum absolute atomic E-state index is 0.737. The molecule has 4 aromatic heterocycles. The zero-order chi connectivity index (χ0) is 14.9. The molecule has 0 aliphatic heterocycles. The van der Waals surface area contributed by atoms with Gasteiger partial charge in [-0.25, -0.2) is 4.98 Å². The molecule has 0 unspecified atom stereocenters. The van der Waals surface area contributed by atoms with Crippen molar-refractivity contribution in [3.63, 3.8) is 0 Å². The van der Waals surface area contributed by atoms with Gasteiger partial charge in [0.1, 0.15) is 12.0 Å². The Morgan fingerprint density at radius 2 is 2.23 bits per heavy atom. The molecule has 0 aromatic carbocycles. The number of anilines is 1. The van der Waals surface area contributed by atoms with E-state index in [2.05, 4.69) is 31.8 Å². The second-order valence-corrected chi connectivity index (χ2v) is 5.17. The van der Waals surface area contributed by atoms with Gasteiger partial charge in [0.25, 0.3) is 0 Å². The molecule has 22 heavy (non-hydrogen) atoms. The van der Waals surface area contributed by atoms with Crippen LogP contribution < -0.4 is 5.32 Å². The quantitative estimate of drug-likeness (QED) is 0.620. The molecule has 0 bridgehead atoms. The molecule has 0 aliphatic rings. The lowest BCUT2D eigenvalue weighted by atomic mass is 10.3. The van der Waals surface area contributed by atoms with Gasteiger partial charge in [-0.15, -0.1) is 10.2 Å². The van der Waals surface area contributed by atoms with Crippen molar-refractivity contribution in [2.24, 2.45) is 0 Å². The molecule has 4 rings (SSSR count). The first kappa shape index (κ1) is 12.8. The molecule has 1 N–H and O–H groups in total. The third-order valence-electron chi connectivity index (χ3n) is 3.50. The predicted molar refractivity (Wildman–Crippen MR) is 82.9 cm³/mol. The lowest BCUT2D eigenvalue weighted by molar-refractivity contribution is 0.890. The van der Waals surface area contributed by atoms with Gasteiger partial charge in [0.15, 0.2) is 0 Å². The van der Waals surface area contributed by atoms with Crippen LogP contribution in [0.4, 0.5) is 5.69 Å². The molecule has 7 nitrogen and oxygen atoms in total. The molecule has 0 radical (unpaired) electrons. The maximum absolute atomic E-state index is 4.59. The van der Waals surface area contributed by atoms with Crippen LogP contribution in [0.25, 0.3) is 11.3 Å². The summed E-state index contributed by atoms with van der Waals surface area (Å²) < 4.78 is 3.71. The van der Waals surface area contributed by atoms with E-state index in [1.165, 1.54) is 0 Å². The number of imidazole rings is 1. The molecule has 4 heterocycles. The fourth-order valence-corrected chi connectivity index (χ4v) is 2.52. The summed E-state index contributed by atoms with van der Waals surface area (Å²) in [6, 6.07) is 7.97. The molecule has 0 spiro atoms. The molecular weight excluding hydrogens is 278 g/mol. The Labute approximate surface area is 126 Å². The number of aromatic nitrogens is 6. The molecule has 0 fully saturated rings. The second kappa shape index (κ2) is 5.10. The van der Waals surface area contributed by atoms with E-state index in [1.54, 1.807) is 10.8 Å². The fraction of sp³-hybridized carbons (Fsp3) is 0.200. The monoisotopic (exact) mass is 293 g/mol. The van der Waals surface area contributed by atoms with Crippen molar-refractivity contribution in [2.75, 3.05) is 11.9 Å². The van der Waals surface area contributed by atoms with Gasteiger partial charge in [0.05, 0.1) is 17.1 Å². The van der Waals surface area contributed by atoms with E-state index < -0.39 is 0 Å². The highest BCUT2D eigenvalue weighted by Crippen LogP contribution is 2.14. The Balaban J connectivity index is 1.51. The van der Waals surface area contributed by atoms with Crippen LogP contribution in [0, 0.1) is 6.92 Å². The Hall–Kier alpha value is -2.96. The first-order valence-electron chi connectivity index (χ1n) is 7.14. The van der Waals surface area contributed by atoms with E-state index in [9.17, 15) is 0 Å². The first-order valence-corrected chi connectivity index (χ1v) is 7.14. The number of rotatable bonds is 4. The summed E-state index contributed by atoms with van der Waals surface area (Å²) >= 11 is 0. The number of hydrogen-bond donors (Lipinski definition) is 1. The number of nitrogens with one attached hydrogen (secondary N) is 1. The summed E-state index contributed by atoms with van der Waals surface area (Å²) in [6.45, 7) is 2.72. The van der Waals surface area contributed by atoms with Crippen molar-refractivity contribution in [3.05, 3.63) is 54.4 Å². The highest BCUT2D eigenvalue weighted by molar-refractivity contribution is 5.66. The van der Waals surface area contributed by atoms with Crippen LogP contribution in [0.1, 0.15) is 11.4 Å². The fourth-order valence-electron chi connectivity index (χ4n) is 2.52. The van der Waals surface area contributed by atoms with Gasteiger partial charge in [0, 0.05) is 25.4 Å². The van der Waals surface area contributed by atoms with Gasteiger partial charge >= 0.3 is 0 Å². The Bertz CT molecular complexity index is 904. The molecular formula is C15H15N7. The van der Waals surface area contributed by atoms with Crippen LogP contribution in [0.2, 0.25) is 0 Å². The highest BCUT2D eigenvalue weighted by atomic mass is 15.3. The highest BCUT2D eigenvalue weighted by Gasteiger charge is 2.06. The summed E-state index contributed by atoms with van der Waals surface area (Å²) in [6.07, 6.45) is 6.51. The standard InChI is InChI=1S/C15H15N7/c1-11-8-13(15-19-17-10-22(15)20-11)16-6-5-12-9-21-7-3-2-4-14(21)18-12/h2-4,7-10,16H,5-6H2,1H3. The van der Waals surface area contributed by atoms with Crippen molar-refractivity contribution in [1.29, 1.82) is 0 Å². The average molecular weight is 293 g/mol. The lowest BCUT2D eigenvalue weighted by Gasteiger charge is -2.06. The summed E-state index contributed by atoms with van der Waals surface area (Å²) in [5, 5.41) is 15.7. The van der Waals surface area contributed by atoms with Gasteiger partial charge in [-0.05, 0) is 25.1 Å². The summed E-state index contributed by atoms with van der Waals surface area (Å²) in [4.78, 5) is 4.59. The van der Waals surface area contributed by atoms with Gasteiger partial charge in [-0.3, -0.25) is 0 Å². The normalized spacial score (nSPS) is 11.3. The number of fused-ring (bicyclic) bond motifs is 2. The number of hydrogen-bond acceptors (Lipinski definition) is 5. The summed E-state index contributed by atoms with van der Waals surface area (Å²) in [7, 11) is 0. The number of nitrogens with zero attached hydrogens (tertiary/aromatic N) is 6. The summed E-state index contributed by atoms with van der Waals surface area (Å²) in [5.74, 6) is 0. The van der Waals surface area contributed by atoms with Crippen molar-refractivity contribution >= 4 is 17.0 Å². The first-order chi connectivity index (χ1) is 10.8. The molecule has 7 heteroatoms. The molecule has 110 valence electrons. The van der Waals surface area contributed by atoms with Crippen LogP contribution in [0.3, 0.4) is 0 Å². The number of aryl methyl sites for hydroxylation is 1. The van der Waals surface area contributed by atoms with Crippen molar-refractivity contribution in [3.8, 4) is 0 Å². The van der Waals surface area contributed by atoms with E-state index in [1.807, 2.05) is 41.8 Å². The predicted octanol–water partition coefficient (Wildman–Crippen LogP) is 1.74. The van der Waals surface area contributed by atoms with Crippen LogP contribution in [0.15, 0.2) is 43.0 Å². The largest absolute Gasteiger partial charge is 0.381 e. The van der Waals surface area contributed by atoms with Gasteiger partial charge in [-0.2, -0.15) is 9.61 Å². The van der Waals surface area contributed by atoms with Crippen molar-refractivity contribution < 1.29 is 0 Å². The van der Waals surface area contributed by atoms with Gasteiger partial charge < -0.3 is 9.72 Å². The minimum Gasteiger partial charge on any atom is -0.381 e. The molecule has 0 saturated heterocycles. The lowest BCUT2D eigenvalue weighted by Crippen LogP contribution is -2.08. The minimum atomic E-state index is 0.737. The van der Waals surface area contributed by atoms with Gasteiger partial charge in [0.2, 0.25) is 5.65 Å². The summed E-state index contributed by atoms with van der Waals surface area (Å²) in [5.41, 5.74) is 4.62. The van der Waals surface area contributed by atoms with E-state index >= 15 is 0 Å². The zero-order valence-corrected chi connectivity index (χ0v) is 12.1. The second-order valence-electron chi connectivity index (χ2n) is 5.17. The van der Waals surface area contributed by atoms with Crippen LogP contribution >= 0.6 is 0 Å². The molecule has 4 aromatic rings. The van der Waals surface area contributed by atoms with Crippen molar-refractivity contribution in [2.45, 2.75) is 13.3 Å². The van der Waals surface area contributed by atoms with Crippen LogP contribution in [0.5, 0.6) is 0 Å². The topological polar surface area (TPSA) is 72.4 Å². The number of pyridine rings is 1. The van der Waals surface area contributed by atoms with Gasteiger partial charge in [-0.1, -0.05) is 6.07 Å². The Morgan fingerprint density at radius 1 is 1.27 bits per heavy atom. The third-order valence-corrected chi connectivity index (χ3v) is 3.50. The van der Waals surface area contributed by atoms with E-state index in [0.717, 1.165) is 41.3 Å². The molecule has 0 amide bonds. The smallest absolute Gasteiger partial charge is 0.200 e. The third kappa shape index (κ3) is 2.26. The molecule has 0 atom stereocenters. The average Bonchev–Trinajstić information content (AvgIpc) is 3.12. The Morgan fingerprint density at radius 3 is 3.14 bits per heavy atom.